The number of aliphatic hydroxyl groups excluding tert-OH is 1. The molecular formula is C12H19N3O6. The summed E-state index contributed by atoms with van der Waals surface area (Å²) < 4.78 is 10.2. The molecule has 0 aliphatic rings. The quantitative estimate of drug-likeness (QED) is 0.426. The molecule has 1 rings (SSSR count). The first kappa shape index (κ1) is 18.6. The summed E-state index contributed by atoms with van der Waals surface area (Å²) in [7, 11) is 3.05. The monoisotopic (exact) mass is 301 g/mol. The lowest BCUT2D eigenvalue weighted by molar-refractivity contribution is -0.120. The number of nitrogens with two attached hydrogens (primary N) is 1. The second kappa shape index (κ2) is 10.4. The second-order valence-electron chi connectivity index (χ2n) is 3.71. The van der Waals surface area contributed by atoms with Gasteiger partial charge in [-0.15, -0.1) is 4.91 Å². The van der Waals surface area contributed by atoms with Gasteiger partial charge in [0.1, 0.15) is 11.5 Å². The Morgan fingerprint density at radius 2 is 2.05 bits per heavy atom. The number of carbonyl (C=O) groups is 1. The molecule has 9 nitrogen and oxygen atoms in total. The van der Waals surface area contributed by atoms with Crippen molar-refractivity contribution in [3.05, 3.63) is 28.7 Å². The molecular weight excluding hydrogens is 282 g/mol. The first-order chi connectivity index (χ1) is 10.0. The zero-order valence-corrected chi connectivity index (χ0v) is 11.8. The third kappa shape index (κ3) is 6.54. The fourth-order valence-corrected chi connectivity index (χ4v) is 1.49. The maximum Gasteiger partial charge on any atom is 0.233 e. The van der Waals surface area contributed by atoms with Crippen molar-refractivity contribution < 1.29 is 24.6 Å². The highest BCUT2D eigenvalue weighted by Crippen LogP contribution is 2.28. The van der Waals surface area contributed by atoms with Gasteiger partial charge in [0, 0.05) is 12.1 Å². The highest BCUT2D eigenvalue weighted by Gasteiger charge is 2.15. The maximum atomic E-state index is 11.0. The van der Waals surface area contributed by atoms with Crippen molar-refractivity contribution in [2.75, 3.05) is 27.3 Å². The van der Waals surface area contributed by atoms with Gasteiger partial charge in [0.15, 0.2) is 5.34 Å². The van der Waals surface area contributed by atoms with Gasteiger partial charge in [0.2, 0.25) is 5.91 Å². The van der Waals surface area contributed by atoms with Crippen LogP contribution in [0.15, 0.2) is 23.5 Å². The van der Waals surface area contributed by atoms with Crippen molar-refractivity contribution >= 4 is 5.91 Å². The van der Waals surface area contributed by atoms with Gasteiger partial charge in [0.05, 0.1) is 26.9 Å². The second-order valence-corrected chi connectivity index (χ2v) is 3.71. The minimum atomic E-state index is -0.884. The molecule has 1 amide bonds. The summed E-state index contributed by atoms with van der Waals surface area (Å²) in [6, 6.07) is 5.09. The van der Waals surface area contributed by atoms with Crippen LogP contribution in [0, 0.1) is 4.91 Å². The number of rotatable bonds is 6. The van der Waals surface area contributed by atoms with E-state index in [1.54, 1.807) is 18.2 Å². The number of ether oxygens (including phenoxy) is 2. The summed E-state index contributed by atoms with van der Waals surface area (Å²) in [5.74, 6) is 0.816. The van der Waals surface area contributed by atoms with Gasteiger partial charge in [-0.05, 0) is 18.2 Å². The van der Waals surface area contributed by atoms with E-state index in [0.717, 1.165) is 0 Å². The van der Waals surface area contributed by atoms with Gasteiger partial charge in [-0.25, -0.2) is 0 Å². The van der Waals surface area contributed by atoms with Gasteiger partial charge in [0.25, 0.3) is 0 Å². The number of hydrogen-bond donors (Lipinski definition) is 4. The van der Waals surface area contributed by atoms with E-state index in [9.17, 15) is 9.90 Å². The molecule has 0 saturated carbocycles. The van der Waals surface area contributed by atoms with Crippen molar-refractivity contribution in [3.8, 4) is 11.5 Å². The Kier molecular flexibility index (Phi) is 9.22. The molecule has 1 aromatic carbocycles. The smallest absolute Gasteiger partial charge is 0.233 e. The molecule has 0 radical (unpaired) electrons. The van der Waals surface area contributed by atoms with E-state index in [2.05, 4.69) is 5.32 Å². The number of nitrogens with one attached hydrogen (secondary N) is 1. The van der Waals surface area contributed by atoms with Crippen LogP contribution in [-0.4, -0.2) is 43.5 Å². The molecule has 0 aliphatic heterocycles. The minimum Gasteiger partial charge on any atom is -0.497 e. The van der Waals surface area contributed by atoms with E-state index in [-0.39, 0.29) is 19.0 Å². The standard InChI is InChI=1S/C12H18N2O4.HNO2/c1-17-8-3-4-11(18-2)9(5-8)10(15)7-14-12(16)6-13;2-1-3/h3-5,10,15H,6-7,13H2,1-2H3,(H,14,16);(H,2,3). The lowest BCUT2D eigenvalue weighted by Gasteiger charge is -2.16. The number of methoxy groups -OCH3 is 2. The molecule has 0 bridgehead atoms. The fraction of sp³-hybridized carbons (Fsp3) is 0.417. The maximum absolute atomic E-state index is 11.0. The van der Waals surface area contributed by atoms with Gasteiger partial charge < -0.3 is 30.8 Å². The third-order valence-electron chi connectivity index (χ3n) is 2.47. The van der Waals surface area contributed by atoms with Crippen LogP contribution in [0.3, 0.4) is 0 Å². The molecule has 0 heterocycles. The number of benzene rings is 1. The Labute approximate surface area is 121 Å². The first-order valence-corrected chi connectivity index (χ1v) is 5.87. The lowest BCUT2D eigenvalue weighted by Crippen LogP contribution is -2.33. The van der Waals surface area contributed by atoms with Crippen LogP contribution in [0.5, 0.6) is 11.5 Å². The van der Waals surface area contributed by atoms with Crippen LogP contribution >= 0.6 is 0 Å². The Balaban J connectivity index is 0.00000122. The van der Waals surface area contributed by atoms with E-state index in [0.29, 0.717) is 17.1 Å². The lowest BCUT2D eigenvalue weighted by atomic mass is 10.1. The zero-order valence-electron chi connectivity index (χ0n) is 11.8. The average Bonchev–Trinajstić information content (AvgIpc) is 2.52. The van der Waals surface area contributed by atoms with Crippen LogP contribution in [0.2, 0.25) is 0 Å². The third-order valence-corrected chi connectivity index (χ3v) is 2.47. The summed E-state index contributed by atoms with van der Waals surface area (Å²) in [4.78, 5) is 19.1. The molecule has 0 aliphatic carbocycles. The molecule has 5 N–H and O–H groups in total. The SMILES string of the molecule is COc1ccc(OC)c(C(O)CNC(=O)CN)c1.O=NO. The summed E-state index contributed by atoms with van der Waals surface area (Å²) >= 11 is 0. The Morgan fingerprint density at radius 1 is 1.43 bits per heavy atom. The molecule has 1 aromatic rings. The Morgan fingerprint density at radius 3 is 2.52 bits per heavy atom. The predicted molar refractivity (Wildman–Crippen MR) is 74.2 cm³/mol. The van der Waals surface area contributed by atoms with Crippen LogP contribution in [0.25, 0.3) is 0 Å². The van der Waals surface area contributed by atoms with Gasteiger partial charge in [-0.2, -0.15) is 0 Å². The van der Waals surface area contributed by atoms with E-state index in [1.807, 2.05) is 0 Å². The minimum absolute atomic E-state index is 0.0690. The summed E-state index contributed by atoms with van der Waals surface area (Å²) in [5.41, 5.74) is 5.71. The summed E-state index contributed by atoms with van der Waals surface area (Å²) in [6.07, 6.45) is -0.884. The van der Waals surface area contributed by atoms with Crippen LogP contribution in [-0.2, 0) is 4.79 Å². The Bertz CT molecular complexity index is 455. The number of amides is 1. The average molecular weight is 301 g/mol. The predicted octanol–water partition coefficient (Wildman–Crippen LogP) is -0.0459. The normalized spacial score (nSPS) is 10.7. The van der Waals surface area contributed by atoms with E-state index in [1.165, 1.54) is 19.6 Å². The molecule has 0 aromatic heterocycles. The number of carbonyl (C=O) groups excluding carboxylic acids is 1. The van der Waals surface area contributed by atoms with Crippen molar-refractivity contribution in [2.24, 2.45) is 11.1 Å². The van der Waals surface area contributed by atoms with E-state index in [4.69, 9.17) is 25.3 Å². The van der Waals surface area contributed by atoms with Gasteiger partial charge in [-0.3, -0.25) is 4.79 Å². The molecule has 1 unspecified atom stereocenters. The van der Waals surface area contributed by atoms with Gasteiger partial charge in [-0.1, -0.05) is 0 Å². The first-order valence-electron chi connectivity index (χ1n) is 5.87. The summed E-state index contributed by atoms with van der Waals surface area (Å²) in [6.45, 7) is -0.0402. The van der Waals surface area contributed by atoms with Crippen molar-refractivity contribution in [3.63, 3.8) is 0 Å². The van der Waals surface area contributed by atoms with E-state index < -0.39 is 6.10 Å². The van der Waals surface area contributed by atoms with Gasteiger partial charge >= 0.3 is 0 Å². The highest BCUT2D eigenvalue weighted by molar-refractivity contribution is 5.77. The zero-order chi connectivity index (χ0) is 16.3. The largest absolute Gasteiger partial charge is 0.497 e. The number of hydrogen-bond acceptors (Lipinski definition) is 7. The van der Waals surface area contributed by atoms with Crippen LogP contribution < -0.4 is 20.5 Å². The van der Waals surface area contributed by atoms with Crippen molar-refractivity contribution in [1.29, 1.82) is 0 Å². The fourth-order valence-electron chi connectivity index (χ4n) is 1.49. The number of nitrogens with zero attached hydrogens (tertiary/aromatic N) is 1. The summed E-state index contributed by atoms with van der Waals surface area (Å²) in [5, 5.41) is 20.4. The molecule has 118 valence electrons. The van der Waals surface area contributed by atoms with Crippen molar-refractivity contribution in [2.45, 2.75) is 6.10 Å². The molecule has 0 spiro atoms. The number of aliphatic hydroxyl groups is 1. The molecule has 0 fully saturated rings. The van der Waals surface area contributed by atoms with Crippen LogP contribution in [0.1, 0.15) is 11.7 Å². The molecule has 1 atom stereocenters. The van der Waals surface area contributed by atoms with E-state index >= 15 is 0 Å². The topological polar surface area (TPSA) is 143 Å². The Hall–Kier alpha value is -2.39. The molecule has 21 heavy (non-hydrogen) atoms. The van der Waals surface area contributed by atoms with Crippen molar-refractivity contribution in [1.82, 2.24) is 5.32 Å². The molecule has 9 heteroatoms. The van der Waals surface area contributed by atoms with Crippen LogP contribution in [0.4, 0.5) is 0 Å². The molecule has 0 saturated heterocycles. The highest BCUT2D eigenvalue weighted by atomic mass is 16.6.